The second-order valence-corrected chi connectivity index (χ2v) is 12.6. The summed E-state index contributed by atoms with van der Waals surface area (Å²) in [5, 5.41) is 7.39. The molecule has 10 heteroatoms. The predicted molar refractivity (Wildman–Crippen MR) is 136 cm³/mol. The number of fused-ring (bicyclic) bond motifs is 1. The van der Waals surface area contributed by atoms with E-state index >= 15 is 0 Å². The quantitative estimate of drug-likeness (QED) is 0.511. The van der Waals surface area contributed by atoms with E-state index in [0.29, 0.717) is 43.7 Å². The largest absolute Gasteiger partial charge is 0.379 e. The molecule has 1 saturated heterocycles. The number of hydrogen-bond acceptors (Lipinski definition) is 7. The third-order valence-corrected chi connectivity index (χ3v) is 9.19. The van der Waals surface area contributed by atoms with Crippen LogP contribution in [0.2, 0.25) is 0 Å². The number of anilines is 1. The van der Waals surface area contributed by atoms with Crippen molar-refractivity contribution in [2.75, 3.05) is 25.1 Å². The number of amides is 2. The van der Waals surface area contributed by atoms with Gasteiger partial charge >= 0.3 is 6.03 Å². The maximum absolute atomic E-state index is 12.0. The van der Waals surface area contributed by atoms with E-state index in [2.05, 4.69) is 22.5 Å². The van der Waals surface area contributed by atoms with Gasteiger partial charge in [0.15, 0.2) is 5.84 Å². The summed E-state index contributed by atoms with van der Waals surface area (Å²) in [7, 11) is -2.94. The van der Waals surface area contributed by atoms with E-state index in [4.69, 9.17) is 14.7 Å². The lowest BCUT2D eigenvalue weighted by Gasteiger charge is -2.50. The van der Waals surface area contributed by atoms with Gasteiger partial charge in [-0.15, -0.1) is 0 Å². The van der Waals surface area contributed by atoms with E-state index in [1.165, 1.54) is 0 Å². The first-order chi connectivity index (χ1) is 16.1. The fourth-order valence-corrected chi connectivity index (χ4v) is 5.73. The molecule has 34 heavy (non-hydrogen) atoms. The molecule has 0 aromatic heterocycles. The second kappa shape index (κ2) is 8.76. The van der Waals surface area contributed by atoms with Crippen LogP contribution in [-0.4, -0.2) is 74.3 Å². The van der Waals surface area contributed by atoms with Gasteiger partial charge in [-0.2, -0.15) is 10.6 Å². The van der Waals surface area contributed by atoms with E-state index in [1.54, 1.807) is 5.41 Å². The Bertz CT molecular complexity index is 1060. The number of carbonyl (C=O) groups excluding carboxylic acids is 1. The van der Waals surface area contributed by atoms with Crippen LogP contribution in [0, 0.1) is 0 Å². The number of morpholine rings is 1. The van der Waals surface area contributed by atoms with Gasteiger partial charge in [0.05, 0.1) is 23.7 Å². The molecule has 2 amide bonds. The van der Waals surface area contributed by atoms with Crippen molar-refractivity contribution in [2.24, 2.45) is 9.98 Å². The maximum atomic E-state index is 12.0. The first-order valence-corrected chi connectivity index (χ1v) is 13.4. The van der Waals surface area contributed by atoms with Gasteiger partial charge in [0.25, 0.3) is 0 Å². The number of ether oxygens (including phenoxy) is 1. The van der Waals surface area contributed by atoms with Crippen LogP contribution < -0.4 is 10.6 Å². The molecule has 1 aliphatic carbocycles. The standard InChI is InChI=1S/C24H33N5O4S/c1-15-13-33-11-10-29(15)22-19-14-34(31,32)24(2,3)12-20(19)27-21(28-22)16-4-6-17(7-5-16)25-23(30)26-18-8-9-18/h4-7,14-15,18,22,31-32H,8-13H2,1-3H3,(H2,25,26,30). The van der Waals surface area contributed by atoms with E-state index in [0.717, 1.165) is 29.7 Å². The zero-order chi connectivity index (χ0) is 24.1. The number of urea groups is 1. The molecule has 2 fully saturated rings. The van der Waals surface area contributed by atoms with Crippen molar-refractivity contribution < 1.29 is 18.6 Å². The molecule has 184 valence electrons. The third-order valence-electron chi connectivity index (χ3n) is 6.84. The van der Waals surface area contributed by atoms with Gasteiger partial charge in [0.2, 0.25) is 0 Å². The fraction of sp³-hybridized carbons (Fsp3) is 0.542. The predicted octanol–water partition coefficient (Wildman–Crippen LogP) is 4.04. The molecule has 1 aromatic carbocycles. The van der Waals surface area contributed by atoms with E-state index in [1.807, 2.05) is 38.1 Å². The molecule has 3 aliphatic heterocycles. The van der Waals surface area contributed by atoms with Crippen LogP contribution in [0.25, 0.3) is 0 Å². The molecule has 1 saturated carbocycles. The van der Waals surface area contributed by atoms with Crippen LogP contribution in [0.5, 0.6) is 0 Å². The van der Waals surface area contributed by atoms with Gasteiger partial charge in [0.1, 0.15) is 6.17 Å². The van der Waals surface area contributed by atoms with Crippen LogP contribution >= 0.6 is 10.6 Å². The lowest BCUT2D eigenvalue weighted by Crippen LogP contribution is -2.52. The van der Waals surface area contributed by atoms with Gasteiger partial charge in [0, 0.05) is 47.3 Å². The smallest absolute Gasteiger partial charge is 0.319 e. The molecule has 0 bridgehead atoms. The average Bonchev–Trinajstić information content (AvgIpc) is 3.58. The van der Waals surface area contributed by atoms with Crippen LogP contribution in [0.15, 0.2) is 45.2 Å². The summed E-state index contributed by atoms with van der Waals surface area (Å²) in [5.74, 6) is 0.610. The molecule has 2 atom stereocenters. The Labute approximate surface area is 201 Å². The minimum Gasteiger partial charge on any atom is -0.379 e. The Morgan fingerprint density at radius 1 is 1.24 bits per heavy atom. The van der Waals surface area contributed by atoms with Gasteiger partial charge in [-0.25, -0.2) is 14.8 Å². The number of rotatable bonds is 4. The number of amidine groups is 1. The summed E-state index contributed by atoms with van der Waals surface area (Å²) >= 11 is 0. The van der Waals surface area contributed by atoms with Crippen LogP contribution in [0.3, 0.4) is 0 Å². The number of carbonyl (C=O) groups is 1. The number of aliphatic imine (C=N–C) groups is 2. The summed E-state index contributed by atoms with van der Waals surface area (Å²) in [6.45, 7) is 7.74. The molecule has 3 heterocycles. The minimum atomic E-state index is -2.94. The van der Waals surface area contributed by atoms with Crippen molar-refractivity contribution in [1.82, 2.24) is 10.2 Å². The number of nitrogens with one attached hydrogen (secondary N) is 2. The lowest BCUT2D eigenvalue weighted by atomic mass is 9.95. The van der Waals surface area contributed by atoms with Gasteiger partial charge in [-0.05, 0) is 57.9 Å². The highest BCUT2D eigenvalue weighted by atomic mass is 32.3. The molecule has 9 nitrogen and oxygen atoms in total. The zero-order valence-corrected chi connectivity index (χ0v) is 20.6. The van der Waals surface area contributed by atoms with E-state index < -0.39 is 15.3 Å². The highest BCUT2D eigenvalue weighted by Gasteiger charge is 2.44. The number of hydrogen-bond donors (Lipinski definition) is 4. The molecule has 4 aliphatic rings. The Morgan fingerprint density at radius 2 is 1.97 bits per heavy atom. The summed E-state index contributed by atoms with van der Waals surface area (Å²) in [6, 6.07) is 7.76. The van der Waals surface area contributed by atoms with E-state index in [9.17, 15) is 13.9 Å². The van der Waals surface area contributed by atoms with Crippen LogP contribution in [0.4, 0.5) is 10.5 Å². The first-order valence-electron chi connectivity index (χ1n) is 11.8. The SMILES string of the molecule is CC1COCCN1C1N=C(c2ccc(NC(=O)NC3CC3)cc2)N=C2CC(C)(C)S(O)(O)C=C21. The highest BCUT2D eigenvalue weighted by molar-refractivity contribution is 8.28. The molecule has 5 rings (SSSR count). The monoisotopic (exact) mass is 487 g/mol. The van der Waals surface area contributed by atoms with Crippen molar-refractivity contribution >= 4 is 33.9 Å². The molecule has 0 spiro atoms. The molecule has 2 unspecified atom stereocenters. The van der Waals surface area contributed by atoms with Crippen molar-refractivity contribution in [3.8, 4) is 0 Å². The van der Waals surface area contributed by atoms with Crippen LogP contribution in [0.1, 0.15) is 45.6 Å². The molecule has 0 radical (unpaired) electrons. The van der Waals surface area contributed by atoms with Gasteiger partial charge in [-0.1, -0.05) is 0 Å². The number of nitrogens with zero attached hydrogens (tertiary/aromatic N) is 3. The van der Waals surface area contributed by atoms with E-state index in [-0.39, 0.29) is 18.2 Å². The normalized spacial score (nSPS) is 29.1. The fourth-order valence-electron chi connectivity index (χ4n) is 4.45. The third kappa shape index (κ3) is 4.65. The average molecular weight is 488 g/mol. The van der Waals surface area contributed by atoms with Crippen molar-refractivity contribution in [1.29, 1.82) is 0 Å². The van der Waals surface area contributed by atoms with Gasteiger partial charge < -0.3 is 15.4 Å². The summed E-state index contributed by atoms with van der Waals surface area (Å²) < 4.78 is 26.6. The van der Waals surface area contributed by atoms with Crippen LogP contribution in [-0.2, 0) is 4.74 Å². The Morgan fingerprint density at radius 3 is 2.65 bits per heavy atom. The topological polar surface area (TPSA) is 119 Å². The minimum absolute atomic E-state index is 0.136. The highest BCUT2D eigenvalue weighted by Crippen LogP contribution is 2.59. The molecular formula is C24H33N5O4S. The van der Waals surface area contributed by atoms with Crippen molar-refractivity contribution in [3.63, 3.8) is 0 Å². The Kier molecular flexibility index (Phi) is 6.06. The second-order valence-electron chi connectivity index (χ2n) is 10.1. The van der Waals surface area contributed by atoms with Crippen molar-refractivity contribution in [3.05, 3.63) is 40.8 Å². The molecule has 4 N–H and O–H groups in total. The van der Waals surface area contributed by atoms with Crippen molar-refractivity contribution in [2.45, 2.75) is 63.0 Å². The lowest BCUT2D eigenvalue weighted by molar-refractivity contribution is -0.0127. The first kappa shape index (κ1) is 23.5. The Balaban J connectivity index is 1.45. The van der Waals surface area contributed by atoms with Gasteiger partial charge in [-0.3, -0.25) is 14.0 Å². The molecule has 1 aromatic rings. The summed E-state index contributed by atoms with van der Waals surface area (Å²) in [4.78, 5) is 24.1. The Hall–Kier alpha value is -2.24. The maximum Gasteiger partial charge on any atom is 0.319 e. The summed E-state index contributed by atoms with van der Waals surface area (Å²) in [6.07, 6.45) is 2.18. The summed E-state index contributed by atoms with van der Waals surface area (Å²) in [5.41, 5.74) is 3.18. The zero-order valence-electron chi connectivity index (χ0n) is 19.8. The molecular weight excluding hydrogens is 454 g/mol. The number of benzene rings is 1.